The number of nitrogens with one attached hydrogen (secondary N) is 2. The Labute approximate surface area is 222 Å². The van der Waals surface area contributed by atoms with Crippen molar-refractivity contribution < 1.29 is 42.3 Å². The zero-order chi connectivity index (χ0) is 28.3. The second-order valence-corrected chi connectivity index (χ2v) is 9.93. The van der Waals surface area contributed by atoms with Gasteiger partial charge in [0, 0.05) is 39.1 Å². The Balaban J connectivity index is 0.000000448. The minimum atomic E-state index is -5.08. The third-order valence-corrected chi connectivity index (χ3v) is 7.38. The van der Waals surface area contributed by atoms with Crippen LogP contribution in [0.3, 0.4) is 0 Å². The molecule has 11 nitrogen and oxygen atoms in total. The molecule has 1 aromatic rings. The van der Waals surface area contributed by atoms with E-state index in [1.807, 2.05) is 6.07 Å². The lowest BCUT2D eigenvalue weighted by atomic mass is 9.97. The topological polar surface area (TPSA) is 139 Å². The summed E-state index contributed by atoms with van der Waals surface area (Å²) in [5, 5.41) is 12.8. The highest BCUT2D eigenvalue weighted by Gasteiger charge is 2.46. The van der Waals surface area contributed by atoms with Crippen molar-refractivity contribution in [3.8, 4) is 0 Å². The van der Waals surface area contributed by atoms with Gasteiger partial charge in [-0.05, 0) is 50.4 Å². The summed E-state index contributed by atoms with van der Waals surface area (Å²) in [6.07, 6.45) is -2.35. The second kappa shape index (κ2) is 11.7. The lowest BCUT2D eigenvalue weighted by Crippen LogP contribution is -2.54. The molecule has 0 radical (unpaired) electrons. The Kier molecular flexibility index (Phi) is 8.54. The molecule has 212 valence electrons. The highest BCUT2D eigenvalue weighted by atomic mass is 19.4. The van der Waals surface area contributed by atoms with Crippen molar-refractivity contribution in [1.82, 2.24) is 20.4 Å². The number of anilines is 1. The summed E-state index contributed by atoms with van der Waals surface area (Å²) in [5.41, 5.74) is 1.49. The number of carboxylic acids is 1. The molecule has 0 saturated carbocycles. The lowest BCUT2D eigenvalue weighted by molar-refractivity contribution is -0.192. The zero-order valence-electron chi connectivity index (χ0n) is 21.1. The number of fused-ring (bicyclic) bond motifs is 1. The monoisotopic (exact) mass is 553 g/mol. The Hall–Kier alpha value is -3.52. The van der Waals surface area contributed by atoms with Crippen LogP contribution in [0.4, 0.5) is 18.9 Å². The van der Waals surface area contributed by atoms with E-state index in [1.165, 1.54) is 12.8 Å². The molecule has 14 heteroatoms. The van der Waals surface area contributed by atoms with Gasteiger partial charge in [0.1, 0.15) is 6.04 Å². The van der Waals surface area contributed by atoms with Crippen molar-refractivity contribution in [2.45, 2.75) is 37.9 Å². The molecule has 0 spiro atoms. The molecule has 0 aromatic heterocycles. The van der Waals surface area contributed by atoms with E-state index in [2.05, 4.69) is 20.4 Å². The summed E-state index contributed by atoms with van der Waals surface area (Å²) in [6, 6.07) is 4.41. The van der Waals surface area contributed by atoms with Crippen LogP contribution in [0, 0.1) is 5.92 Å². The van der Waals surface area contributed by atoms with E-state index in [0.717, 1.165) is 62.3 Å². The molecule has 0 bridgehead atoms. The predicted molar refractivity (Wildman–Crippen MR) is 131 cm³/mol. The minimum absolute atomic E-state index is 0.121. The third kappa shape index (κ3) is 6.38. The number of piperidine rings is 2. The first kappa shape index (κ1) is 28.5. The number of piperazine rings is 1. The maximum atomic E-state index is 13.3. The number of aliphatic carboxylic acids is 1. The van der Waals surface area contributed by atoms with Gasteiger partial charge in [-0.3, -0.25) is 34.3 Å². The third-order valence-electron chi connectivity index (χ3n) is 7.38. The normalized spacial score (nSPS) is 22.8. The van der Waals surface area contributed by atoms with E-state index in [0.29, 0.717) is 11.1 Å². The number of halogens is 3. The van der Waals surface area contributed by atoms with Crippen LogP contribution in [-0.2, 0) is 14.4 Å². The number of benzene rings is 1. The average Bonchev–Trinajstić information content (AvgIpc) is 3.15. The molecule has 4 amide bonds. The fourth-order valence-electron chi connectivity index (χ4n) is 5.36. The molecule has 4 aliphatic heterocycles. The Morgan fingerprint density at radius 2 is 1.62 bits per heavy atom. The average molecular weight is 554 g/mol. The van der Waals surface area contributed by atoms with Crippen LogP contribution >= 0.6 is 0 Å². The number of amides is 4. The fraction of sp³-hybridized carbons (Fsp3) is 0.560. The van der Waals surface area contributed by atoms with Crippen LogP contribution < -0.4 is 15.5 Å². The quantitative estimate of drug-likeness (QED) is 0.463. The number of alkyl halides is 3. The van der Waals surface area contributed by atoms with Gasteiger partial charge in [-0.1, -0.05) is 6.07 Å². The molecule has 1 aromatic carbocycles. The summed E-state index contributed by atoms with van der Waals surface area (Å²) >= 11 is 0. The Bertz CT molecular complexity index is 1150. The molecule has 4 aliphatic rings. The standard InChI is InChI=1S/C23H29N5O4.C2HF3O2/c29-19-5-4-18(21(30)25-19)28-22(31)16-2-1-3-17(20(16)23(28)32)27-12-10-26(11-13-27)14-15-6-8-24-9-7-15;3-2(4,5)1(6)7/h1-3,15,18,24H,4-14H2,(H,25,29,30);(H,6,7). The van der Waals surface area contributed by atoms with Gasteiger partial charge >= 0.3 is 12.1 Å². The summed E-state index contributed by atoms with van der Waals surface area (Å²) in [5.74, 6) is -3.86. The van der Waals surface area contributed by atoms with Crippen molar-refractivity contribution >= 4 is 35.3 Å². The highest BCUT2D eigenvalue weighted by Crippen LogP contribution is 2.34. The number of hydrogen-bond donors (Lipinski definition) is 3. The summed E-state index contributed by atoms with van der Waals surface area (Å²) in [4.78, 5) is 64.8. The van der Waals surface area contributed by atoms with Gasteiger partial charge in [-0.25, -0.2) is 4.79 Å². The number of carbonyl (C=O) groups is 5. The number of nitrogens with zero attached hydrogens (tertiary/aromatic N) is 3. The zero-order valence-corrected chi connectivity index (χ0v) is 21.1. The van der Waals surface area contributed by atoms with Crippen molar-refractivity contribution in [2.24, 2.45) is 5.92 Å². The summed E-state index contributed by atoms with van der Waals surface area (Å²) < 4.78 is 31.7. The van der Waals surface area contributed by atoms with Crippen molar-refractivity contribution in [3.63, 3.8) is 0 Å². The van der Waals surface area contributed by atoms with E-state index in [1.54, 1.807) is 12.1 Å². The molecule has 3 fully saturated rings. The molecule has 3 N–H and O–H groups in total. The van der Waals surface area contributed by atoms with Gasteiger partial charge in [0.25, 0.3) is 11.8 Å². The first-order valence-electron chi connectivity index (χ1n) is 12.8. The van der Waals surface area contributed by atoms with Gasteiger partial charge in [0.2, 0.25) is 11.8 Å². The maximum absolute atomic E-state index is 13.3. The number of carboxylic acid groups (broad SMARTS) is 1. The van der Waals surface area contributed by atoms with E-state index in [-0.39, 0.29) is 18.7 Å². The first-order chi connectivity index (χ1) is 18.5. The van der Waals surface area contributed by atoms with Gasteiger partial charge < -0.3 is 15.3 Å². The first-order valence-corrected chi connectivity index (χ1v) is 12.8. The largest absolute Gasteiger partial charge is 0.490 e. The van der Waals surface area contributed by atoms with Crippen LogP contribution in [-0.4, -0.2) is 103 Å². The van der Waals surface area contributed by atoms with Gasteiger partial charge in [0.15, 0.2) is 0 Å². The van der Waals surface area contributed by atoms with Crippen LogP contribution in [0.5, 0.6) is 0 Å². The molecule has 0 aliphatic carbocycles. The van der Waals surface area contributed by atoms with E-state index < -0.39 is 35.9 Å². The summed E-state index contributed by atoms with van der Waals surface area (Å²) in [6.45, 7) is 6.74. The molecule has 1 atom stereocenters. The molecular formula is C25H30F3N5O6. The van der Waals surface area contributed by atoms with Gasteiger partial charge in [-0.2, -0.15) is 13.2 Å². The molecule has 1 unspecified atom stereocenters. The maximum Gasteiger partial charge on any atom is 0.490 e. The molecule has 4 heterocycles. The van der Waals surface area contributed by atoms with E-state index >= 15 is 0 Å². The van der Waals surface area contributed by atoms with Crippen molar-refractivity contribution in [1.29, 1.82) is 0 Å². The van der Waals surface area contributed by atoms with Crippen LogP contribution in [0.1, 0.15) is 46.4 Å². The van der Waals surface area contributed by atoms with Crippen LogP contribution in [0.2, 0.25) is 0 Å². The van der Waals surface area contributed by atoms with Crippen LogP contribution in [0.25, 0.3) is 0 Å². The smallest absolute Gasteiger partial charge is 0.475 e. The predicted octanol–water partition coefficient (Wildman–Crippen LogP) is 0.843. The fourth-order valence-corrected chi connectivity index (χ4v) is 5.36. The SMILES string of the molecule is O=C(O)C(F)(F)F.O=C1CCC(N2C(=O)c3cccc(N4CCN(CC5CCNCC5)CC4)c3C2=O)C(=O)N1. The second-order valence-electron chi connectivity index (χ2n) is 9.93. The number of carbonyl (C=O) groups excluding carboxylic acids is 4. The van der Waals surface area contributed by atoms with E-state index in [4.69, 9.17) is 9.90 Å². The van der Waals surface area contributed by atoms with Crippen molar-refractivity contribution in [2.75, 3.05) is 50.7 Å². The molecular weight excluding hydrogens is 523 g/mol. The minimum Gasteiger partial charge on any atom is -0.475 e. The van der Waals surface area contributed by atoms with Crippen LogP contribution in [0.15, 0.2) is 18.2 Å². The molecule has 5 rings (SSSR count). The number of rotatable bonds is 4. The number of hydrogen-bond acceptors (Lipinski definition) is 8. The van der Waals surface area contributed by atoms with E-state index in [9.17, 15) is 32.3 Å². The Morgan fingerprint density at radius 1 is 0.974 bits per heavy atom. The lowest BCUT2D eigenvalue weighted by Gasteiger charge is -2.38. The van der Waals surface area contributed by atoms with Gasteiger partial charge in [0.05, 0.1) is 16.8 Å². The Morgan fingerprint density at radius 3 is 2.21 bits per heavy atom. The highest BCUT2D eigenvalue weighted by molar-refractivity contribution is 6.25. The van der Waals surface area contributed by atoms with Gasteiger partial charge in [-0.15, -0.1) is 0 Å². The summed E-state index contributed by atoms with van der Waals surface area (Å²) in [7, 11) is 0. The van der Waals surface area contributed by atoms with Crippen molar-refractivity contribution in [3.05, 3.63) is 29.3 Å². The molecule has 3 saturated heterocycles. The molecule has 39 heavy (non-hydrogen) atoms. The number of imide groups is 2.